The first kappa shape index (κ1) is 13.1. The van der Waals surface area contributed by atoms with Crippen molar-refractivity contribution in [1.29, 1.82) is 0 Å². The number of ether oxygens (including phenoxy) is 1. The van der Waals surface area contributed by atoms with E-state index in [0.717, 1.165) is 18.6 Å². The molecular formula is C13H20N2O3. The van der Waals surface area contributed by atoms with Crippen LogP contribution in [0.15, 0.2) is 22.8 Å². The number of hydrogen-bond acceptors (Lipinski definition) is 4. The number of carbonyl (C=O) groups is 1. The number of hydrogen-bond donors (Lipinski definition) is 1. The second-order valence-corrected chi connectivity index (χ2v) is 4.48. The van der Waals surface area contributed by atoms with Crippen LogP contribution in [0.2, 0.25) is 0 Å². The third kappa shape index (κ3) is 3.85. The molecule has 2 rings (SSSR count). The monoisotopic (exact) mass is 252 g/mol. The van der Waals surface area contributed by atoms with Gasteiger partial charge in [-0.25, -0.2) is 0 Å². The van der Waals surface area contributed by atoms with Crippen LogP contribution in [0.25, 0.3) is 0 Å². The molecule has 0 bridgehead atoms. The molecule has 1 aromatic rings. The average Bonchev–Trinajstić information content (AvgIpc) is 3.08. The highest BCUT2D eigenvalue weighted by molar-refractivity contribution is 5.76. The number of carbonyl (C=O) groups excluding carboxylic acids is 1. The average molecular weight is 252 g/mol. The van der Waals surface area contributed by atoms with Crippen LogP contribution in [0.5, 0.6) is 0 Å². The molecule has 1 aliphatic rings. The third-order valence-electron chi connectivity index (χ3n) is 2.94. The topological polar surface area (TPSA) is 68.7 Å². The van der Waals surface area contributed by atoms with Crippen LogP contribution in [0.1, 0.15) is 25.0 Å². The van der Waals surface area contributed by atoms with Crippen LogP contribution in [0.3, 0.4) is 0 Å². The van der Waals surface area contributed by atoms with Crippen molar-refractivity contribution in [2.24, 2.45) is 5.73 Å². The fraction of sp³-hybridized carbons (Fsp3) is 0.615. The fourth-order valence-electron chi connectivity index (χ4n) is 1.87. The summed E-state index contributed by atoms with van der Waals surface area (Å²) in [6.07, 6.45) is 4.23. The van der Waals surface area contributed by atoms with Crippen LogP contribution in [-0.4, -0.2) is 36.6 Å². The highest BCUT2D eigenvalue weighted by Crippen LogP contribution is 2.29. The minimum absolute atomic E-state index is 0.130. The SMILES string of the molecule is NCCOCCC(=O)N(Cc1ccco1)C1CC1. The van der Waals surface area contributed by atoms with Gasteiger partial charge in [-0.1, -0.05) is 0 Å². The lowest BCUT2D eigenvalue weighted by molar-refractivity contribution is -0.133. The van der Waals surface area contributed by atoms with Gasteiger partial charge in [-0.3, -0.25) is 4.79 Å². The maximum Gasteiger partial charge on any atom is 0.225 e. The lowest BCUT2D eigenvalue weighted by atomic mass is 10.3. The van der Waals surface area contributed by atoms with Gasteiger partial charge in [-0.2, -0.15) is 0 Å². The van der Waals surface area contributed by atoms with E-state index in [9.17, 15) is 4.79 Å². The molecule has 18 heavy (non-hydrogen) atoms. The summed E-state index contributed by atoms with van der Waals surface area (Å²) in [5.74, 6) is 0.962. The van der Waals surface area contributed by atoms with E-state index in [4.69, 9.17) is 14.9 Å². The maximum absolute atomic E-state index is 12.1. The molecule has 0 saturated heterocycles. The Balaban J connectivity index is 1.79. The van der Waals surface area contributed by atoms with Gasteiger partial charge >= 0.3 is 0 Å². The van der Waals surface area contributed by atoms with Crippen LogP contribution in [0.4, 0.5) is 0 Å². The van der Waals surface area contributed by atoms with Crippen molar-refractivity contribution in [3.05, 3.63) is 24.2 Å². The third-order valence-corrected chi connectivity index (χ3v) is 2.94. The van der Waals surface area contributed by atoms with Crippen molar-refractivity contribution in [1.82, 2.24) is 4.90 Å². The molecule has 0 atom stereocenters. The fourth-order valence-corrected chi connectivity index (χ4v) is 1.87. The lowest BCUT2D eigenvalue weighted by Gasteiger charge is -2.21. The molecule has 100 valence electrons. The van der Waals surface area contributed by atoms with E-state index in [1.165, 1.54) is 0 Å². The van der Waals surface area contributed by atoms with Crippen LogP contribution in [0, 0.1) is 0 Å². The zero-order chi connectivity index (χ0) is 12.8. The molecule has 5 heteroatoms. The van der Waals surface area contributed by atoms with Gasteiger partial charge in [-0.15, -0.1) is 0 Å². The van der Waals surface area contributed by atoms with Crippen LogP contribution < -0.4 is 5.73 Å². The van der Waals surface area contributed by atoms with E-state index in [1.807, 2.05) is 17.0 Å². The zero-order valence-electron chi connectivity index (χ0n) is 10.5. The smallest absolute Gasteiger partial charge is 0.225 e. The molecule has 1 amide bonds. The Morgan fingerprint density at radius 1 is 1.50 bits per heavy atom. The molecule has 1 heterocycles. The summed E-state index contributed by atoms with van der Waals surface area (Å²) in [6.45, 7) is 2.01. The van der Waals surface area contributed by atoms with Crippen molar-refractivity contribution in [3.63, 3.8) is 0 Å². The van der Waals surface area contributed by atoms with Gasteiger partial charge in [0, 0.05) is 12.6 Å². The predicted molar refractivity (Wildman–Crippen MR) is 66.8 cm³/mol. The number of nitrogens with two attached hydrogens (primary N) is 1. The van der Waals surface area contributed by atoms with E-state index in [1.54, 1.807) is 6.26 Å². The largest absolute Gasteiger partial charge is 0.467 e. The number of nitrogens with zero attached hydrogens (tertiary/aromatic N) is 1. The van der Waals surface area contributed by atoms with Crippen molar-refractivity contribution >= 4 is 5.91 Å². The molecule has 2 N–H and O–H groups in total. The Hall–Kier alpha value is -1.33. The Morgan fingerprint density at radius 3 is 2.94 bits per heavy atom. The number of furan rings is 1. The highest BCUT2D eigenvalue weighted by atomic mass is 16.5. The van der Waals surface area contributed by atoms with E-state index < -0.39 is 0 Å². The van der Waals surface area contributed by atoms with Gasteiger partial charge in [-0.05, 0) is 25.0 Å². The zero-order valence-corrected chi connectivity index (χ0v) is 10.5. The molecule has 1 aromatic heterocycles. The molecule has 1 aliphatic carbocycles. The van der Waals surface area contributed by atoms with Gasteiger partial charge in [0.25, 0.3) is 0 Å². The molecule has 0 aromatic carbocycles. The van der Waals surface area contributed by atoms with Crippen molar-refractivity contribution in [3.8, 4) is 0 Å². The van der Waals surface area contributed by atoms with Crippen LogP contribution in [-0.2, 0) is 16.1 Å². The molecule has 0 aliphatic heterocycles. The number of amides is 1. The Kier molecular flexibility index (Phi) is 4.78. The Morgan fingerprint density at radius 2 is 2.33 bits per heavy atom. The maximum atomic E-state index is 12.1. The first-order valence-corrected chi connectivity index (χ1v) is 6.41. The first-order chi connectivity index (χ1) is 8.81. The minimum Gasteiger partial charge on any atom is -0.467 e. The van der Waals surface area contributed by atoms with Gasteiger partial charge in [0.1, 0.15) is 5.76 Å². The van der Waals surface area contributed by atoms with Gasteiger partial charge < -0.3 is 19.8 Å². The standard InChI is InChI=1S/C13H20N2O3/c14-6-9-17-8-5-13(16)15(11-3-4-11)10-12-2-1-7-18-12/h1-2,7,11H,3-6,8-10,14H2. The van der Waals surface area contributed by atoms with E-state index in [2.05, 4.69) is 0 Å². The summed E-state index contributed by atoms with van der Waals surface area (Å²) in [6, 6.07) is 4.13. The second-order valence-electron chi connectivity index (χ2n) is 4.48. The summed E-state index contributed by atoms with van der Waals surface area (Å²) in [5.41, 5.74) is 5.32. The molecular weight excluding hydrogens is 232 g/mol. The molecule has 0 radical (unpaired) electrons. The normalized spacial score (nSPS) is 14.7. The van der Waals surface area contributed by atoms with Crippen molar-refractivity contribution < 1.29 is 13.9 Å². The highest BCUT2D eigenvalue weighted by Gasteiger charge is 2.32. The molecule has 5 nitrogen and oxygen atoms in total. The summed E-state index contributed by atoms with van der Waals surface area (Å²) in [4.78, 5) is 14.0. The van der Waals surface area contributed by atoms with Crippen molar-refractivity contribution in [2.75, 3.05) is 19.8 Å². The quantitative estimate of drug-likeness (QED) is 0.704. The lowest BCUT2D eigenvalue weighted by Crippen LogP contribution is -2.33. The van der Waals surface area contributed by atoms with Gasteiger partial charge in [0.2, 0.25) is 5.91 Å². The number of rotatable bonds is 8. The summed E-state index contributed by atoms with van der Waals surface area (Å²) < 4.78 is 10.5. The summed E-state index contributed by atoms with van der Waals surface area (Å²) >= 11 is 0. The van der Waals surface area contributed by atoms with Crippen molar-refractivity contribution in [2.45, 2.75) is 31.8 Å². The van der Waals surface area contributed by atoms with E-state index in [-0.39, 0.29) is 5.91 Å². The molecule has 1 saturated carbocycles. The van der Waals surface area contributed by atoms with Crippen LogP contribution >= 0.6 is 0 Å². The van der Waals surface area contributed by atoms with Gasteiger partial charge in [0.05, 0.1) is 32.4 Å². The molecule has 0 unspecified atom stereocenters. The second kappa shape index (κ2) is 6.56. The molecule has 0 spiro atoms. The first-order valence-electron chi connectivity index (χ1n) is 6.41. The van der Waals surface area contributed by atoms with E-state index >= 15 is 0 Å². The Bertz CT molecular complexity index is 360. The molecule has 1 fully saturated rings. The van der Waals surface area contributed by atoms with E-state index in [0.29, 0.717) is 38.8 Å². The summed E-state index contributed by atoms with van der Waals surface area (Å²) in [7, 11) is 0. The minimum atomic E-state index is 0.130. The summed E-state index contributed by atoms with van der Waals surface area (Å²) in [5, 5.41) is 0. The Labute approximate surface area is 107 Å². The van der Waals surface area contributed by atoms with Gasteiger partial charge in [0.15, 0.2) is 0 Å². The predicted octanol–water partition coefficient (Wildman–Crippen LogP) is 1.14.